The van der Waals surface area contributed by atoms with Crippen LogP contribution in [0.15, 0.2) is 29.3 Å². The lowest BCUT2D eigenvalue weighted by molar-refractivity contribution is 0.0420. The van der Waals surface area contributed by atoms with Gasteiger partial charge in [0.25, 0.3) is 0 Å². The van der Waals surface area contributed by atoms with E-state index in [0.29, 0.717) is 13.2 Å². The lowest BCUT2D eigenvalue weighted by atomic mass is 9.87. The molecule has 0 spiro atoms. The number of aliphatic imine (C=N–C) groups is 1. The van der Waals surface area contributed by atoms with E-state index in [1.165, 1.54) is 5.56 Å². The molecule has 160 valence electrons. The smallest absolute Gasteiger partial charge is 0.191 e. The van der Waals surface area contributed by atoms with Crippen LogP contribution in [0.25, 0.3) is 0 Å². The van der Waals surface area contributed by atoms with Crippen molar-refractivity contribution in [1.82, 2.24) is 10.6 Å². The number of benzene rings is 1. The van der Waals surface area contributed by atoms with Gasteiger partial charge in [-0.15, -0.1) is 24.0 Å². The van der Waals surface area contributed by atoms with Crippen molar-refractivity contribution < 1.29 is 14.2 Å². The van der Waals surface area contributed by atoms with Gasteiger partial charge in [0.05, 0.1) is 19.3 Å². The van der Waals surface area contributed by atoms with Crippen LogP contribution in [0.1, 0.15) is 39.2 Å². The highest BCUT2D eigenvalue weighted by atomic mass is 127. The number of nitrogens with one attached hydrogen (secondary N) is 2. The average Bonchev–Trinajstić information content (AvgIpc) is 3.16. The molecule has 0 bridgehead atoms. The molecule has 2 N–H and O–H groups in total. The number of hydrogen-bond donors (Lipinski definition) is 2. The Bertz CT molecular complexity index is 567. The summed E-state index contributed by atoms with van der Waals surface area (Å²) >= 11 is 0. The minimum Gasteiger partial charge on any atom is -0.492 e. The first-order chi connectivity index (χ1) is 13.0. The Kier molecular flexibility index (Phi) is 11.8. The van der Waals surface area contributed by atoms with E-state index >= 15 is 0 Å². The highest BCUT2D eigenvalue weighted by Crippen LogP contribution is 2.24. The topological polar surface area (TPSA) is 64.1 Å². The van der Waals surface area contributed by atoms with Crippen molar-refractivity contribution >= 4 is 29.9 Å². The Labute approximate surface area is 186 Å². The summed E-state index contributed by atoms with van der Waals surface area (Å²) in [6, 6.07) is 8.32. The van der Waals surface area contributed by atoms with E-state index in [2.05, 4.69) is 48.5 Å². The summed E-state index contributed by atoms with van der Waals surface area (Å²) in [6.07, 6.45) is 2.22. The molecule has 2 rings (SSSR count). The van der Waals surface area contributed by atoms with Crippen LogP contribution < -0.4 is 15.4 Å². The molecule has 1 atom stereocenters. The van der Waals surface area contributed by atoms with E-state index in [4.69, 9.17) is 14.2 Å². The summed E-state index contributed by atoms with van der Waals surface area (Å²) in [4.78, 5) is 4.22. The van der Waals surface area contributed by atoms with Crippen molar-refractivity contribution in [3.05, 3.63) is 29.8 Å². The fraction of sp³-hybridized carbons (Fsp3) is 0.667. The molecule has 0 aromatic heterocycles. The molecule has 0 amide bonds. The van der Waals surface area contributed by atoms with E-state index < -0.39 is 0 Å². The third kappa shape index (κ3) is 9.43. The molecule has 1 aromatic rings. The van der Waals surface area contributed by atoms with Gasteiger partial charge >= 0.3 is 0 Å². The molecule has 1 unspecified atom stereocenters. The van der Waals surface area contributed by atoms with Gasteiger partial charge in [-0.2, -0.15) is 0 Å². The third-order valence-corrected chi connectivity index (χ3v) is 4.46. The van der Waals surface area contributed by atoms with E-state index in [9.17, 15) is 0 Å². The Morgan fingerprint density at radius 2 is 1.86 bits per heavy atom. The van der Waals surface area contributed by atoms with Gasteiger partial charge in [-0.25, -0.2) is 0 Å². The van der Waals surface area contributed by atoms with Crippen LogP contribution in [-0.4, -0.2) is 58.6 Å². The van der Waals surface area contributed by atoms with Crippen molar-refractivity contribution in [2.24, 2.45) is 4.99 Å². The van der Waals surface area contributed by atoms with Gasteiger partial charge in [-0.05, 0) is 36.0 Å². The van der Waals surface area contributed by atoms with Crippen LogP contribution in [-0.2, 0) is 14.9 Å². The fourth-order valence-corrected chi connectivity index (χ4v) is 2.78. The maximum Gasteiger partial charge on any atom is 0.191 e. The first-order valence-corrected chi connectivity index (χ1v) is 9.86. The highest BCUT2D eigenvalue weighted by molar-refractivity contribution is 14.0. The van der Waals surface area contributed by atoms with Gasteiger partial charge in [-0.3, -0.25) is 4.99 Å². The zero-order valence-electron chi connectivity index (χ0n) is 17.6. The van der Waals surface area contributed by atoms with Crippen molar-refractivity contribution in [2.75, 3.05) is 46.6 Å². The molecule has 0 radical (unpaired) electrons. The number of guanidine groups is 1. The first-order valence-electron chi connectivity index (χ1n) is 9.86. The molecule has 0 saturated carbocycles. The number of hydrogen-bond acceptors (Lipinski definition) is 4. The zero-order chi connectivity index (χ0) is 19.5. The SMILES string of the molecule is CN=C(NCCCOC1CCOC1)NCCOc1ccc(C(C)(C)C)cc1.I. The lowest BCUT2D eigenvalue weighted by Gasteiger charge is -2.19. The van der Waals surface area contributed by atoms with Crippen LogP contribution in [0.4, 0.5) is 0 Å². The molecule has 1 aliphatic heterocycles. The second-order valence-electron chi connectivity index (χ2n) is 7.76. The third-order valence-electron chi connectivity index (χ3n) is 4.46. The maximum atomic E-state index is 5.79. The van der Waals surface area contributed by atoms with Crippen LogP contribution >= 0.6 is 24.0 Å². The van der Waals surface area contributed by atoms with Crippen LogP contribution in [0.3, 0.4) is 0 Å². The summed E-state index contributed by atoms with van der Waals surface area (Å²) in [7, 11) is 1.77. The molecule has 7 heteroatoms. The standard InChI is InChI=1S/C21H35N3O3.HI/c1-21(2,3)17-6-8-18(9-7-17)27-15-12-24-20(22-4)23-11-5-13-26-19-10-14-25-16-19;/h6-9,19H,5,10-16H2,1-4H3,(H2,22,23,24);1H. The molecule has 1 heterocycles. The Morgan fingerprint density at radius 3 is 2.46 bits per heavy atom. The molecule has 1 saturated heterocycles. The van der Waals surface area contributed by atoms with E-state index in [0.717, 1.165) is 50.9 Å². The van der Waals surface area contributed by atoms with Crippen LogP contribution in [0.2, 0.25) is 0 Å². The predicted molar refractivity (Wildman–Crippen MR) is 125 cm³/mol. The minimum absolute atomic E-state index is 0. The normalized spacial score (nSPS) is 17.1. The largest absolute Gasteiger partial charge is 0.492 e. The van der Waals surface area contributed by atoms with E-state index in [1.54, 1.807) is 7.05 Å². The molecular formula is C21H36IN3O3. The number of nitrogens with zero attached hydrogens (tertiary/aromatic N) is 1. The molecule has 1 aliphatic rings. The predicted octanol–water partition coefficient (Wildman–Crippen LogP) is 3.34. The van der Waals surface area contributed by atoms with Crippen molar-refractivity contribution in [3.63, 3.8) is 0 Å². The van der Waals surface area contributed by atoms with Gasteiger partial charge in [-0.1, -0.05) is 32.9 Å². The van der Waals surface area contributed by atoms with Gasteiger partial charge in [0.15, 0.2) is 5.96 Å². The number of rotatable bonds is 9. The summed E-state index contributed by atoms with van der Waals surface area (Å²) in [6.45, 7) is 11.0. The summed E-state index contributed by atoms with van der Waals surface area (Å²) < 4.78 is 16.8. The Morgan fingerprint density at radius 1 is 1.14 bits per heavy atom. The monoisotopic (exact) mass is 505 g/mol. The molecular weight excluding hydrogens is 469 g/mol. The Hall–Kier alpha value is -1.06. The van der Waals surface area contributed by atoms with E-state index in [1.807, 2.05) is 12.1 Å². The summed E-state index contributed by atoms with van der Waals surface area (Å²) in [5.74, 6) is 1.67. The van der Waals surface area contributed by atoms with Gasteiger partial charge in [0.1, 0.15) is 12.4 Å². The lowest BCUT2D eigenvalue weighted by Crippen LogP contribution is -2.40. The van der Waals surface area contributed by atoms with Gasteiger partial charge in [0, 0.05) is 26.8 Å². The number of halogens is 1. The molecule has 6 nitrogen and oxygen atoms in total. The second-order valence-corrected chi connectivity index (χ2v) is 7.76. The summed E-state index contributed by atoms with van der Waals surface area (Å²) in [5, 5.41) is 6.55. The molecule has 28 heavy (non-hydrogen) atoms. The van der Waals surface area contributed by atoms with Crippen molar-refractivity contribution in [2.45, 2.75) is 45.1 Å². The number of ether oxygens (including phenoxy) is 3. The molecule has 1 aromatic carbocycles. The maximum absolute atomic E-state index is 5.79. The zero-order valence-corrected chi connectivity index (χ0v) is 20.0. The van der Waals surface area contributed by atoms with Gasteiger partial charge < -0.3 is 24.8 Å². The van der Waals surface area contributed by atoms with Crippen LogP contribution in [0.5, 0.6) is 5.75 Å². The average molecular weight is 505 g/mol. The van der Waals surface area contributed by atoms with Crippen molar-refractivity contribution in [3.8, 4) is 5.75 Å². The van der Waals surface area contributed by atoms with E-state index in [-0.39, 0.29) is 35.5 Å². The fourth-order valence-electron chi connectivity index (χ4n) is 2.78. The minimum atomic E-state index is 0. The Balaban J connectivity index is 0.00000392. The molecule has 0 aliphatic carbocycles. The highest BCUT2D eigenvalue weighted by Gasteiger charge is 2.15. The molecule has 1 fully saturated rings. The quantitative estimate of drug-likeness (QED) is 0.233. The second kappa shape index (κ2) is 13.2. The van der Waals surface area contributed by atoms with Gasteiger partial charge in [0.2, 0.25) is 0 Å². The van der Waals surface area contributed by atoms with Crippen LogP contribution in [0, 0.1) is 0 Å². The summed E-state index contributed by atoms with van der Waals surface area (Å²) in [5.41, 5.74) is 1.47. The first kappa shape index (κ1) is 25.0. The van der Waals surface area contributed by atoms with Crippen molar-refractivity contribution in [1.29, 1.82) is 0 Å².